The van der Waals surface area contributed by atoms with Crippen molar-refractivity contribution in [2.24, 2.45) is 0 Å². The smallest absolute Gasteiger partial charge is 0.203 e. The predicted octanol–water partition coefficient (Wildman–Crippen LogP) is 9.11. The van der Waals surface area contributed by atoms with Gasteiger partial charge in [0.25, 0.3) is 0 Å². The summed E-state index contributed by atoms with van der Waals surface area (Å²) in [5.41, 5.74) is 8.50. The molecular formula is C42H51Cl3N4O6. The minimum absolute atomic E-state index is 0. The van der Waals surface area contributed by atoms with Crippen molar-refractivity contribution < 1.29 is 28.4 Å². The number of halogens is 3. The maximum atomic E-state index is 5.63. The van der Waals surface area contributed by atoms with Crippen molar-refractivity contribution in [2.75, 3.05) is 60.6 Å². The lowest BCUT2D eigenvalue weighted by Crippen LogP contribution is -2.44. The maximum absolute atomic E-state index is 5.63. The Morgan fingerprint density at radius 2 is 1.16 bits per heavy atom. The predicted molar refractivity (Wildman–Crippen MR) is 226 cm³/mol. The standard InChI is InChI=1S/C42H48N4O6.3ClH/c1-28-8-10-34(11-9-28)46(27-30-18-33(25-43-24-30)31-20-37(47-2)41(51-6)38(21-31)48-3)35-13-16-45(17-14-35)26-29-12-15-44-36(19-29)32-22-39(49-4)42(52-7)40(23-32)50-5;;;/h8-12,15,18-25,35H,13-14,16-17,26-27H2,1-7H3;3*1H. The molecule has 3 heterocycles. The summed E-state index contributed by atoms with van der Waals surface area (Å²) >= 11 is 0. The summed E-state index contributed by atoms with van der Waals surface area (Å²) in [6, 6.07) is 23.5. The lowest BCUT2D eigenvalue weighted by Gasteiger charge is -2.40. The molecule has 1 aliphatic rings. The highest BCUT2D eigenvalue weighted by Gasteiger charge is 2.26. The SMILES string of the molecule is COc1cc(-c2cncc(CN(c3ccc(C)cc3)C3CCN(Cc4ccnc(-c5cc(OC)c(OC)c(OC)c5)c4)CC3)c2)cc(OC)c1OC.Cl.Cl.Cl. The molecular weight excluding hydrogens is 763 g/mol. The van der Waals surface area contributed by atoms with Crippen molar-refractivity contribution in [3.05, 3.63) is 102 Å². The summed E-state index contributed by atoms with van der Waals surface area (Å²) in [5.74, 6) is 3.56. The van der Waals surface area contributed by atoms with Crippen LogP contribution in [0.15, 0.2) is 85.3 Å². The molecule has 10 nitrogen and oxygen atoms in total. The molecule has 1 fully saturated rings. The second-order valence-electron chi connectivity index (χ2n) is 12.9. The van der Waals surface area contributed by atoms with Crippen LogP contribution in [0.5, 0.6) is 34.5 Å². The van der Waals surface area contributed by atoms with E-state index in [0.29, 0.717) is 40.5 Å². The summed E-state index contributed by atoms with van der Waals surface area (Å²) in [7, 11) is 9.73. The Morgan fingerprint density at radius 3 is 1.69 bits per heavy atom. The Bertz CT molecular complexity index is 1930. The topological polar surface area (TPSA) is 87.6 Å². The number of hydrogen-bond donors (Lipinski definition) is 0. The average Bonchev–Trinajstić information content (AvgIpc) is 3.19. The van der Waals surface area contributed by atoms with Gasteiger partial charge in [-0.3, -0.25) is 14.9 Å². The summed E-state index contributed by atoms with van der Waals surface area (Å²) in [4.78, 5) is 14.4. The first kappa shape index (κ1) is 44.8. The minimum Gasteiger partial charge on any atom is -0.493 e. The van der Waals surface area contributed by atoms with Crippen molar-refractivity contribution in [3.63, 3.8) is 0 Å². The molecule has 0 atom stereocenters. The lowest BCUT2D eigenvalue weighted by atomic mass is 9.99. The zero-order valence-corrected chi connectivity index (χ0v) is 34.8. The Kier molecular flexibility index (Phi) is 17.0. The van der Waals surface area contributed by atoms with Gasteiger partial charge in [0.15, 0.2) is 23.0 Å². The number of piperidine rings is 1. The molecule has 6 rings (SSSR count). The van der Waals surface area contributed by atoms with Crippen LogP contribution in [-0.2, 0) is 13.1 Å². The largest absolute Gasteiger partial charge is 0.493 e. The molecule has 55 heavy (non-hydrogen) atoms. The van der Waals surface area contributed by atoms with Crippen molar-refractivity contribution >= 4 is 42.9 Å². The normalized spacial score (nSPS) is 12.6. The van der Waals surface area contributed by atoms with Gasteiger partial charge in [0.1, 0.15) is 0 Å². The molecule has 0 amide bonds. The molecule has 1 saturated heterocycles. The van der Waals surface area contributed by atoms with Crippen molar-refractivity contribution in [1.29, 1.82) is 0 Å². The number of hydrogen-bond acceptors (Lipinski definition) is 10. The molecule has 0 spiro atoms. The third kappa shape index (κ3) is 10.4. The number of aromatic nitrogens is 2. The van der Waals surface area contributed by atoms with E-state index < -0.39 is 0 Å². The van der Waals surface area contributed by atoms with Crippen LogP contribution in [0.1, 0.15) is 29.5 Å². The van der Waals surface area contributed by atoms with E-state index in [1.807, 2.05) is 42.9 Å². The van der Waals surface area contributed by atoms with Crippen molar-refractivity contribution in [1.82, 2.24) is 14.9 Å². The second kappa shape index (κ2) is 20.9. The first-order chi connectivity index (χ1) is 25.4. The van der Waals surface area contributed by atoms with E-state index in [1.54, 1.807) is 42.7 Å². The molecule has 0 unspecified atom stereocenters. The fourth-order valence-electron chi connectivity index (χ4n) is 6.95. The highest BCUT2D eigenvalue weighted by atomic mass is 35.5. The van der Waals surface area contributed by atoms with E-state index in [2.05, 4.69) is 69.2 Å². The number of rotatable bonds is 14. The van der Waals surface area contributed by atoms with E-state index in [1.165, 1.54) is 16.8 Å². The van der Waals surface area contributed by atoms with E-state index in [4.69, 9.17) is 28.4 Å². The summed E-state index contributed by atoms with van der Waals surface area (Å²) in [6.45, 7) is 5.68. The fourth-order valence-corrected chi connectivity index (χ4v) is 6.95. The summed E-state index contributed by atoms with van der Waals surface area (Å²) in [6.07, 6.45) is 7.80. The molecule has 3 aromatic carbocycles. The fraction of sp³-hybridized carbons (Fsp3) is 0.333. The number of benzene rings is 3. The summed E-state index contributed by atoms with van der Waals surface area (Å²) < 4.78 is 33.5. The van der Waals surface area contributed by atoms with Crippen LogP contribution >= 0.6 is 37.2 Å². The molecule has 0 N–H and O–H groups in total. The van der Waals surface area contributed by atoms with Crippen LogP contribution in [0.4, 0.5) is 5.69 Å². The van der Waals surface area contributed by atoms with Crippen LogP contribution in [0.25, 0.3) is 22.4 Å². The van der Waals surface area contributed by atoms with E-state index in [-0.39, 0.29) is 37.2 Å². The highest BCUT2D eigenvalue weighted by molar-refractivity contribution is 5.86. The molecule has 13 heteroatoms. The number of nitrogens with zero attached hydrogens (tertiary/aromatic N) is 4. The molecule has 1 aliphatic heterocycles. The molecule has 296 valence electrons. The molecule has 0 radical (unpaired) electrons. The maximum Gasteiger partial charge on any atom is 0.203 e. The second-order valence-corrected chi connectivity index (χ2v) is 12.9. The Hall–Kier alpha value is -4.61. The number of pyridine rings is 2. The number of methoxy groups -OCH3 is 6. The van der Waals surface area contributed by atoms with Gasteiger partial charge in [0.05, 0.1) is 48.4 Å². The van der Waals surface area contributed by atoms with Gasteiger partial charge in [-0.1, -0.05) is 17.7 Å². The Balaban J connectivity index is 0.00000271. The average molecular weight is 814 g/mol. The zero-order valence-electron chi connectivity index (χ0n) is 32.4. The van der Waals surface area contributed by atoms with Crippen LogP contribution in [-0.4, -0.2) is 76.7 Å². The van der Waals surface area contributed by atoms with E-state index >= 15 is 0 Å². The number of aryl methyl sites for hydroxylation is 1. The van der Waals surface area contributed by atoms with Crippen molar-refractivity contribution in [2.45, 2.75) is 38.9 Å². The van der Waals surface area contributed by atoms with Gasteiger partial charge in [-0.2, -0.15) is 0 Å². The van der Waals surface area contributed by atoms with Gasteiger partial charge >= 0.3 is 0 Å². The highest BCUT2D eigenvalue weighted by Crippen LogP contribution is 2.42. The third-order valence-corrected chi connectivity index (χ3v) is 9.70. The van der Waals surface area contributed by atoms with Crippen LogP contribution in [0, 0.1) is 6.92 Å². The third-order valence-electron chi connectivity index (χ3n) is 9.70. The van der Waals surface area contributed by atoms with Crippen molar-refractivity contribution in [3.8, 4) is 56.9 Å². The molecule has 0 bridgehead atoms. The van der Waals surface area contributed by atoms with Gasteiger partial charge in [-0.25, -0.2) is 0 Å². The first-order valence-electron chi connectivity index (χ1n) is 17.4. The quantitative estimate of drug-likeness (QED) is 0.108. The first-order valence-corrected chi connectivity index (χ1v) is 17.4. The number of ether oxygens (including phenoxy) is 6. The summed E-state index contributed by atoms with van der Waals surface area (Å²) in [5, 5.41) is 0. The van der Waals surface area contributed by atoms with Crippen LogP contribution in [0.2, 0.25) is 0 Å². The Morgan fingerprint density at radius 1 is 0.618 bits per heavy atom. The van der Waals surface area contributed by atoms with Gasteiger partial charge in [-0.05, 0) is 91.1 Å². The number of anilines is 1. The van der Waals surface area contributed by atoms with E-state index in [9.17, 15) is 0 Å². The van der Waals surface area contributed by atoms with Crippen LogP contribution < -0.4 is 33.3 Å². The van der Waals surface area contributed by atoms with Gasteiger partial charge in [0, 0.05) is 67.6 Å². The lowest BCUT2D eigenvalue weighted by molar-refractivity contribution is 0.201. The minimum atomic E-state index is 0. The zero-order chi connectivity index (χ0) is 36.6. The molecule has 0 saturated carbocycles. The molecule has 5 aromatic rings. The van der Waals surface area contributed by atoms with Gasteiger partial charge in [0.2, 0.25) is 11.5 Å². The van der Waals surface area contributed by atoms with Crippen LogP contribution in [0.3, 0.4) is 0 Å². The monoisotopic (exact) mass is 812 g/mol. The number of likely N-dealkylation sites (tertiary alicyclic amines) is 1. The van der Waals surface area contributed by atoms with E-state index in [0.717, 1.165) is 67.0 Å². The Labute approximate surface area is 343 Å². The van der Waals surface area contributed by atoms with Gasteiger partial charge in [-0.15, -0.1) is 37.2 Å². The molecule has 2 aromatic heterocycles. The molecule has 0 aliphatic carbocycles. The van der Waals surface area contributed by atoms with Gasteiger partial charge < -0.3 is 33.3 Å².